The summed E-state index contributed by atoms with van der Waals surface area (Å²) in [4.78, 5) is 24.3. The number of methoxy groups -OCH3 is 2. The molecule has 0 saturated heterocycles. The molecule has 6 nitrogen and oxygen atoms in total. The van der Waals surface area contributed by atoms with Gasteiger partial charge in [-0.05, 0) is 40.6 Å². The second kappa shape index (κ2) is 8.75. The van der Waals surface area contributed by atoms with E-state index >= 15 is 0 Å². The van der Waals surface area contributed by atoms with Gasteiger partial charge in [-0.25, -0.2) is 9.59 Å². The zero-order valence-corrected chi connectivity index (χ0v) is 17.1. The lowest BCUT2D eigenvalue weighted by atomic mass is 10.0. The first kappa shape index (κ1) is 20.2. The van der Waals surface area contributed by atoms with E-state index in [9.17, 15) is 9.59 Å². The first-order chi connectivity index (χ1) is 15.1. The van der Waals surface area contributed by atoms with E-state index in [2.05, 4.69) is 0 Å². The molecule has 31 heavy (non-hydrogen) atoms. The van der Waals surface area contributed by atoms with E-state index in [-0.39, 0.29) is 6.61 Å². The van der Waals surface area contributed by atoms with Gasteiger partial charge < -0.3 is 18.6 Å². The summed E-state index contributed by atoms with van der Waals surface area (Å²) in [5.41, 5.74) is 1.31. The second-order valence-corrected chi connectivity index (χ2v) is 6.81. The van der Waals surface area contributed by atoms with Crippen molar-refractivity contribution < 1.29 is 23.4 Å². The van der Waals surface area contributed by atoms with Crippen LogP contribution in [0.1, 0.15) is 11.1 Å². The van der Waals surface area contributed by atoms with Gasteiger partial charge in [0.05, 0.1) is 14.2 Å². The Morgan fingerprint density at radius 3 is 2.58 bits per heavy atom. The van der Waals surface area contributed by atoms with Crippen LogP contribution in [0, 0.1) is 0 Å². The van der Waals surface area contributed by atoms with Crippen LogP contribution >= 0.6 is 0 Å². The van der Waals surface area contributed by atoms with Crippen molar-refractivity contribution in [1.82, 2.24) is 0 Å². The Hall–Kier alpha value is -4.06. The summed E-state index contributed by atoms with van der Waals surface area (Å²) < 4.78 is 21.2. The maximum atomic E-state index is 12.3. The number of fused-ring (bicyclic) bond motifs is 3. The van der Waals surface area contributed by atoms with Crippen LogP contribution in [0.3, 0.4) is 0 Å². The van der Waals surface area contributed by atoms with E-state index in [0.717, 1.165) is 21.7 Å². The van der Waals surface area contributed by atoms with Gasteiger partial charge in [-0.1, -0.05) is 36.4 Å². The van der Waals surface area contributed by atoms with Crippen molar-refractivity contribution in [3.8, 4) is 11.5 Å². The monoisotopic (exact) mass is 416 g/mol. The summed E-state index contributed by atoms with van der Waals surface area (Å²) in [6.07, 6.45) is 2.95. The molecule has 0 spiro atoms. The third-order valence-corrected chi connectivity index (χ3v) is 4.90. The molecule has 0 amide bonds. The highest BCUT2D eigenvalue weighted by atomic mass is 16.5. The second-order valence-electron chi connectivity index (χ2n) is 6.81. The Morgan fingerprint density at radius 2 is 1.77 bits per heavy atom. The van der Waals surface area contributed by atoms with Crippen LogP contribution in [0.25, 0.3) is 27.8 Å². The van der Waals surface area contributed by atoms with E-state index in [1.165, 1.54) is 12.1 Å². The van der Waals surface area contributed by atoms with E-state index in [0.29, 0.717) is 22.6 Å². The molecule has 1 aromatic heterocycles. The molecule has 4 aromatic rings. The predicted molar refractivity (Wildman–Crippen MR) is 118 cm³/mol. The van der Waals surface area contributed by atoms with Gasteiger partial charge in [-0.2, -0.15) is 0 Å². The predicted octanol–water partition coefficient (Wildman–Crippen LogP) is 4.72. The minimum absolute atomic E-state index is 0.0504. The number of esters is 1. The van der Waals surface area contributed by atoms with Gasteiger partial charge in [0.1, 0.15) is 12.2 Å². The fraction of sp³-hybridized carbons (Fsp3) is 0.120. The lowest BCUT2D eigenvalue weighted by molar-refractivity contribution is -0.138. The number of carbonyl (C=O) groups excluding carboxylic acids is 1. The highest BCUT2D eigenvalue weighted by molar-refractivity contribution is 6.07. The molecule has 0 aliphatic carbocycles. The molecule has 0 fully saturated rings. The molecule has 4 rings (SSSR count). The molecule has 0 bridgehead atoms. The molecule has 6 heteroatoms. The van der Waals surface area contributed by atoms with Gasteiger partial charge in [0.15, 0.2) is 11.5 Å². The molecule has 3 aromatic carbocycles. The largest absolute Gasteiger partial charge is 0.493 e. The summed E-state index contributed by atoms with van der Waals surface area (Å²) >= 11 is 0. The average Bonchev–Trinajstić information content (AvgIpc) is 2.80. The van der Waals surface area contributed by atoms with E-state index in [4.69, 9.17) is 18.6 Å². The highest BCUT2D eigenvalue weighted by Crippen LogP contribution is 2.29. The van der Waals surface area contributed by atoms with E-state index < -0.39 is 11.6 Å². The summed E-state index contributed by atoms with van der Waals surface area (Å²) in [5.74, 6) is 0.632. The van der Waals surface area contributed by atoms with E-state index in [1.807, 2.05) is 30.3 Å². The van der Waals surface area contributed by atoms with Gasteiger partial charge in [0.25, 0.3) is 0 Å². The maximum absolute atomic E-state index is 12.3. The van der Waals surface area contributed by atoms with Gasteiger partial charge in [-0.3, -0.25) is 0 Å². The lowest BCUT2D eigenvalue weighted by Crippen LogP contribution is -2.06. The fourth-order valence-corrected chi connectivity index (χ4v) is 3.45. The third kappa shape index (κ3) is 4.28. The van der Waals surface area contributed by atoms with Crippen LogP contribution in [0.5, 0.6) is 11.5 Å². The average molecular weight is 416 g/mol. The first-order valence-corrected chi connectivity index (χ1v) is 9.60. The van der Waals surface area contributed by atoms with Crippen LogP contribution < -0.4 is 15.1 Å². The van der Waals surface area contributed by atoms with Gasteiger partial charge >= 0.3 is 11.6 Å². The van der Waals surface area contributed by atoms with Gasteiger partial charge in [0, 0.05) is 23.1 Å². The summed E-state index contributed by atoms with van der Waals surface area (Å²) in [6.45, 7) is -0.0504. The number of benzene rings is 3. The molecule has 0 unspecified atom stereocenters. The Bertz CT molecular complexity index is 1350. The molecule has 0 saturated carbocycles. The molecule has 0 atom stereocenters. The van der Waals surface area contributed by atoms with Crippen molar-refractivity contribution in [2.45, 2.75) is 6.61 Å². The normalized spacial score (nSPS) is 11.2. The molecular formula is C25H20O6. The van der Waals surface area contributed by atoms with Crippen molar-refractivity contribution in [1.29, 1.82) is 0 Å². The lowest BCUT2D eigenvalue weighted by Gasteiger charge is -2.09. The van der Waals surface area contributed by atoms with Gasteiger partial charge in [0.2, 0.25) is 0 Å². The fourth-order valence-electron chi connectivity index (χ4n) is 3.45. The van der Waals surface area contributed by atoms with Crippen molar-refractivity contribution in [3.05, 3.63) is 88.3 Å². The summed E-state index contributed by atoms with van der Waals surface area (Å²) in [5, 5.41) is 2.69. The zero-order chi connectivity index (χ0) is 21.8. The van der Waals surface area contributed by atoms with E-state index in [1.54, 1.807) is 44.6 Å². The number of ether oxygens (including phenoxy) is 3. The highest BCUT2D eigenvalue weighted by Gasteiger charge is 2.11. The number of hydrogen-bond acceptors (Lipinski definition) is 6. The van der Waals surface area contributed by atoms with Crippen molar-refractivity contribution in [3.63, 3.8) is 0 Å². The van der Waals surface area contributed by atoms with Crippen molar-refractivity contribution in [2.75, 3.05) is 14.2 Å². The SMILES string of the molecule is COc1ccc(/C=C/C(=O)OCc2cc(=O)oc3ccc4ccccc4c23)cc1OC. The molecule has 0 aliphatic heterocycles. The molecule has 0 N–H and O–H groups in total. The number of carbonyl (C=O) groups is 1. The summed E-state index contributed by atoms with van der Waals surface area (Å²) in [6, 6.07) is 18.1. The zero-order valence-electron chi connectivity index (χ0n) is 17.1. The maximum Gasteiger partial charge on any atom is 0.336 e. The van der Waals surface area contributed by atoms with Crippen molar-refractivity contribution in [2.24, 2.45) is 0 Å². The van der Waals surface area contributed by atoms with Crippen LogP contribution in [0.2, 0.25) is 0 Å². The molecular weight excluding hydrogens is 396 g/mol. The summed E-state index contributed by atoms with van der Waals surface area (Å²) in [7, 11) is 3.10. The molecule has 1 heterocycles. The number of rotatable bonds is 6. The minimum Gasteiger partial charge on any atom is -0.493 e. The van der Waals surface area contributed by atoms with Crippen LogP contribution in [0.15, 0.2) is 76.0 Å². The minimum atomic E-state index is -0.531. The van der Waals surface area contributed by atoms with Crippen LogP contribution in [-0.4, -0.2) is 20.2 Å². The smallest absolute Gasteiger partial charge is 0.336 e. The quantitative estimate of drug-likeness (QED) is 0.196. The Balaban J connectivity index is 1.56. The Kier molecular flexibility index (Phi) is 5.71. The standard InChI is InChI=1S/C25H20O6/c1-28-20-10-7-16(13-22(20)29-2)8-12-23(26)30-15-18-14-24(27)31-21-11-9-17-5-3-4-6-19(17)25(18)21/h3-14H,15H2,1-2H3/b12-8+. The Labute approximate surface area is 178 Å². The van der Waals surface area contributed by atoms with Crippen molar-refractivity contribution >= 4 is 33.8 Å². The number of hydrogen-bond donors (Lipinski definition) is 0. The van der Waals surface area contributed by atoms with Gasteiger partial charge in [-0.15, -0.1) is 0 Å². The first-order valence-electron chi connectivity index (χ1n) is 9.60. The Morgan fingerprint density at radius 1 is 0.968 bits per heavy atom. The molecule has 156 valence electrons. The van der Waals surface area contributed by atoms with Crippen LogP contribution in [0.4, 0.5) is 0 Å². The third-order valence-electron chi connectivity index (χ3n) is 4.90. The van der Waals surface area contributed by atoms with Crippen LogP contribution in [-0.2, 0) is 16.1 Å². The molecule has 0 aliphatic rings. The molecule has 0 radical (unpaired) electrons. The topological polar surface area (TPSA) is 75.0 Å².